The van der Waals surface area contributed by atoms with Gasteiger partial charge in [0.15, 0.2) is 5.75 Å². The fraction of sp³-hybridized carbons (Fsp3) is 0.385. The van der Waals surface area contributed by atoms with Crippen LogP contribution in [0.1, 0.15) is 11.6 Å². The summed E-state index contributed by atoms with van der Waals surface area (Å²) in [5.41, 5.74) is 0.208. The Morgan fingerprint density at radius 3 is 2.70 bits per heavy atom. The van der Waals surface area contributed by atoms with Crippen molar-refractivity contribution in [2.45, 2.75) is 6.04 Å². The number of piperazine rings is 1. The van der Waals surface area contributed by atoms with Gasteiger partial charge in [-0.3, -0.25) is 15.0 Å². The molecule has 1 aliphatic heterocycles. The number of phenols is 1. The number of halogens is 1. The lowest BCUT2D eigenvalue weighted by atomic mass is 10.0. The maximum absolute atomic E-state index is 11.0. The summed E-state index contributed by atoms with van der Waals surface area (Å²) in [6.45, 7) is 7.10. The van der Waals surface area contributed by atoms with Crippen LogP contribution in [-0.2, 0) is 0 Å². The number of rotatable bonds is 4. The molecule has 0 amide bonds. The van der Waals surface area contributed by atoms with Crippen molar-refractivity contribution in [1.29, 1.82) is 0 Å². The Morgan fingerprint density at radius 1 is 1.50 bits per heavy atom. The number of aromatic hydroxyl groups is 1. The van der Waals surface area contributed by atoms with Crippen LogP contribution in [0.3, 0.4) is 0 Å². The largest absolute Gasteiger partial charge is 0.502 e. The first-order valence-electron chi connectivity index (χ1n) is 6.28. The summed E-state index contributed by atoms with van der Waals surface area (Å²) >= 11 is 3.26. The van der Waals surface area contributed by atoms with E-state index in [1.54, 1.807) is 12.1 Å². The highest BCUT2D eigenvalue weighted by Crippen LogP contribution is 2.39. The molecular formula is C13H16BrN3O3. The van der Waals surface area contributed by atoms with E-state index in [1.807, 2.05) is 0 Å². The lowest BCUT2D eigenvalue weighted by Crippen LogP contribution is -2.44. The van der Waals surface area contributed by atoms with E-state index in [1.165, 1.54) is 6.07 Å². The van der Waals surface area contributed by atoms with Crippen molar-refractivity contribution in [3.8, 4) is 5.75 Å². The van der Waals surface area contributed by atoms with Gasteiger partial charge in [0.05, 0.1) is 11.0 Å². The fourth-order valence-electron chi connectivity index (χ4n) is 2.40. The molecule has 0 bridgehead atoms. The molecule has 1 heterocycles. The van der Waals surface area contributed by atoms with Gasteiger partial charge in [-0.15, -0.1) is 6.58 Å². The SMILES string of the molecule is C=C[C@H](c1cc(Br)cc([N+](=O)[O-])c1O)N1CCNCC1. The normalized spacial score (nSPS) is 17.6. The van der Waals surface area contributed by atoms with Crippen molar-refractivity contribution >= 4 is 21.6 Å². The molecule has 108 valence electrons. The lowest BCUT2D eigenvalue weighted by molar-refractivity contribution is -0.386. The highest BCUT2D eigenvalue weighted by Gasteiger charge is 2.27. The summed E-state index contributed by atoms with van der Waals surface area (Å²) in [6.07, 6.45) is 1.70. The molecular weight excluding hydrogens is 326 g/mol. The molecule has 7 heteroatoms. The first-order valence-corrected chi connectivity index (χ1v) is 7.08. The van der Waals surface area contributed by atoms with Gasteiger partial charge < -0.3 is 10.4 Å². The van der Waals surface area contributed by atoms with Crippen LogP contribution < -0.4 is 5.32 Å². The first kappa shape index (κ1) is 15.0. The van der Waals surface area contributed by atoms with Crippen molar-refractivity contribution in [3.63, 3.8) is 0 Å². The average molecular weight is 342 g/mol. The van der Waals surface area contributed by atoms with Gasteiger partial charge in [-0.1, -0.05) is 22.0 Å². The quantitative estimate of drug-likeness (QED) is 0.498. The van der Waals surface area contributed by atoms with E-state index in [0.717, 1.165) is 26.2 Å². The Labute approximate surface area is 125 Å². The molecule has 0 spiro atoms. The third-order valence-electron chi connectivity index (χ3n) is 3.37. The van der Waals surface area contributed by atoms with Gasteiger partial charge in [0.1, 0.15) is 0 Å². The summed E-state index contributed by atoms with van der Waals surface area (Å²) in [4.78, 5) is 12.5. The molecule has 0 aliphatic carbocycles. The maximum Gasteiger partial charge on any atom is 0.312 e. The predicted octanol–water partition coefficient (Wildman–Crippen LogP) is 2.20. The number of nitrogens with zero attached hydrogens (tertiary/aromatic N) is 2. The molecule has 0 saturated carbocycles. The average Bonchev–Trinajstić information content (AvgIpc) is 2.44. The van der Waals surface area contributed by atoms with Gasteiger partial charge in [-0.05, 0) is 6.07 Å². The van der Waals surface area contributed by atoms with Crippen LogP contribution >= 0.6 is 15.9 Å². The van der Waals surface area contributed by atoms with E-state index in [-0.39, 0.29) is 17.5 Å². The second kappa shape index (κ2) is 6.34. The molecule has 2 rings (SSSR count). The standard InChI is InChI=1S/C13H16BrN3O3/c1-2-11(16-5-3-15-4-6-16)10-7-9(14)8-12(13(10)18)17(19)20/h2,7-8,11,15,18H,1,3-6H2/t11-/m1/s1. The summed E-state index contributed by atoms with van der Waals surface area (Å²) in [7, 11) is 0. The molecule has 0 unspecified atom stereocenters. The van der Waals surface area contributed by atoms with Crippen LogP contribution in [0.15, 0.2) is 29.3 Å². The first-order chi connectivity index (χ1) is 9.54. The number of benzene rings is 1. The molecule has 20 heavy (non-hydrogen) atoms. The summed E-state index contributed by atoms with van der Waals surface area (Å²) in [5, 5.41) is 24.4. The number of nitro groups is 1. The van der Waals surface area contributed by atoms with E-state index in [2.05, 4.69) is 32.7 Å². The van der Waals surface area contributed by atoms with Crippen molar-refractivity contribution in [3.05, 3.63) is 44.9 Å². The molecule has 1 aromatic carbocycles. The van der Waals surface area contributed by atoms with Gasteiger partial charge >= 0.3 is 5.69 Å². The van der Waals surface area contributed by atoms with Crippen LogP contribution in [0.25, 0.3) is 0 Å². The van der Waals surface area contributed by atoms with Crippen LogP contribution in [-0.4, -0.2) is 41.1 Å². The van der Waals surface area contributed by atoms with Crippen LogP contribution in [0.4, 0.5) is 5.69 Å². The van der Waals surface area contributed by atoms with E-state index in [0.29, 0.717) is 10.0 Å². The second-order valence-electron chi connectivity index (χ2n) is 4.59. The van der Waals surface area contributed by atoms with E-state index in [4.69, 9.17) is 0 Å². The van der Waals surface area contributed by atoms with Crippen LogP contribution in [0, 0.1) is 10.1 Å². The Hall–Kier alpha value is -1.44. The topological polar surface area (TPSA) is 78.6 Å². The second-order valence-corrected chi connectivity index (χ2v) is 5.50. The number of hydrogen-bond acceptors (Lipinski definition) is 5. The molecule has 2 N–H and O–H groups in total. The molecule has 0 radical (unpaired) electrons. The minimum atomic E-state index is -0.582. The zero-order valence-electron chi connectivity index (χ0n) is 10.9. The molecule has 0 aromatic heterocycles. The zero-order valence-corrected chi connectivity index (χ0v) is 12.5. The minimum Gasteiger partial charge on any atom is -0.502 e. The Balaban J connectivity index is 2.43. The van der Waals surface area contributed by atoms with Gasteiger partial charge in [0.2, 0.25) is 0 Å². The number of nitro benzene ring substituents is 1. The molecule has 1 atom stereocenters. The van der Waals surface area contributed by atoms with E-state index >= 15 is 0 Å². The Morgan fingerprint density at radius 2 is 2.15 bits per heavy atom. The van der Waals surface area contributed by atoms with Crippen LogP contribution in [0.2, 0.25) is 0 Å². The van der Waals surface area contributed by atoms with Crippen molar-refractivity contribution in [2.75, 3.05) is 26.2 Å². The van der Waals surface area contributed by atoms with Crippen molar-refractivity contribution in [1.82, 2.24) is 10.2 Å². The maximum atomic E-state index is 11.0. The van der Waals surface area contributed by atoms with Gasteiger partial charge in [-0.2, -0.15) is 0 Å². The molecule has 6 nitrogen and oxygen atoms in total. The highest BCUT2D eigenvalue weighted by molar-refractivity contribution is 9.10. The lowest BCUT2D eigenvalue weighted by Gasteiger charge is -2.33. The Kier molecular flexibility index (Phi) is 4.74. The smallest absolute Gasteiger partial charge is 0.312 e. The summed E-state index contributed by atoms with van der Waals surface area (Å²) in [6, 6.07) is 2.77. The van der Waals surface area contributed by atoms with Crippen LogP contribution in [0.5, 0.6) is 5.75 Å². The van der Waals surface area contributed by atoms with Gasteiger partial charge in [0, 0.05) is 42.3 Å². The Bertz CT molecular complexity index is 530. The third-order valence-corrected chi connectivity index (χ3v) is 3.83. The van der Waals surface area contributed by atoms with Crippen molar-refractivity contribution < 1.29 is 10.0 Å². The molecule has 1 saturated heterocycles. The van der Waals surface area contributed by atoms with Gasteiger partial charge in [-0.25, -0.2) is 0 Å². The summed E-state index contributed by atoms with van der Waals surface area (Å²) < 4.78 is 0.569. The fourth-order valence-corrected chi connectivity index (χ4v) is 2.87. The molecule has 1 aliphatic rings. The third kappa shape index (κ3) is 3.00. The number of nitrogens with one attached hydrogen (secondary N) is 1. The highest BCUT2D eigenvalue weighted by atomic mass is 79.9. The van der Waals surface area contributed by atoms with Crippen molar-refractivity contribution in [2.24, 2.45) is 0 Å². The zero-order chi connectivity index (χ0) is 14.7. The van der Waals surface area contributed by atoms with E-state index in [9.17, 15) is 15.2 Å². The predicted molar refractivity (Wildman–Crippen MR) is 79.8 cm³/mol. The van der Waals surface area contributed by atoms with Gasteiger partial charge in [0.25, 0.3) is 0 Å². The number of hydrogen-bond donors (Lipinski definition) is 2. The molecule has 1 fully saturated rings. The summed E-state index contributed by atoms with van der Waals surface area (Å²) in [5.74, 6) is -0.290. The molecule has 1 aromatic rings. The minimum absolute atomic E-state index is 0.242. The number of phenolic OH excluding ortho intramolecular Hbond substituents is 1. The van der Waals surface area contributed by atoms with E-state index < -0.39 is 4.92 Å². The monoisotopic (exact) mass is 341 g/mol.